The maximum atomic E-state index is 10.4. The van der Waals surface area contributed by atoms with Gasteiger partial charge in [0.1, 0.15) is 0 Å². The number of hydrogen-bond acceptors (Lipinski definition) is 2. The molecule has 3 heteroatoms. The average Bonchev–Trinajstić information content (AvgIpc) is 1.83. The SMILES string of the molecule is CCCC[P+](=O)C=O. The molecule has 0 fully saturated rings. The maximum absolute atomic E-state index is 10.4. The van der Waals surface area contributed by atoms with E-state index in [2.05, 4.69) is 0 Å². The molecule has 0 aromatic carbocycles. The van der Waals surface area contributed by atoms with Crippen LogP contribution in [0.1, 0.15) is 19.8 Å². The molecule has 0 heterocycles. The lowest BCUT2D eigenvalue weighted by Crippen LogP contribution is -1.75. The van der Waals surface area contributed by atoms with E-state index in [1.54, 1.807) is 0 Å². The van der Waals surface area contributed by atoms with Crippen molar-refractivity contribution in [3.05, 3.63) is 0 Å². The van der Waals surface area contributed by atoms with Crippen LogP contribution in [0.3, 0.4) is 0 Å². The van der Waals surface area contributed by atoms with Crippen LogP contribution in [0.25, 0.3) is 0 Å². The number of unbranched alkanes of at least 4 members (excludes halogenated alkanes) is 1. The molecule has 0 aliphatic carbocycles. The Hall–Kier alpha value is -0.230. The molecule has 0 aromatic heterocycles. The third kappa shape index (κ3) is 3.94. The van der Waals surface area contributed by atoms with Gasteiger partial charge in [0, 0.05) is 0 Å². The molecule has 0 aliphatic rings. The minimum Gasteiger partial charge on any atom is -0.244 e. The normalized spacial score (nSPS) is 10.9. The van der Waals surface area contributed by atoms with Gasteiger partial charge in [0.15, 0.2) is 6.16 Å². The van der Waals surface area contributed by atoms with Crippen LogP contribution in [0, 0.1) is 0 Å². The topological polar surface area (TPSA) is 34.1 Å². The van der Waals surface area contributed by atoms with Crippen molar-refractivity contribution in [2.75, 3.05) is 6.16 Å². The molecule has 1 atom stereocenters. The van der Waals surface area contributed by atoms with E-state index < -0.39 is 7.80 Å². The van der Waals surface area contributed by atoms with E-state index in [9.17, 15) is 9.36 Å². The smallest absolute Gasteiger partial charge is 0.244 e. The zero-order valence-electron chi connectivity index (χ0n) is 4.96. The molecule has 46 valence electrons. The Balaban J connectivity index is 3.11. The summed E-state index contributed by atoms with van der Waals surface area (Å²) in [4.78, 5) is 9.73. The first-order chi connectivity index (χ1) is 3.81. The van der Waals surface area contributed by atoms with Crippen LogP contribution in [0.4, 0.5) is 0 Å². The number of rotatable bonds is 4. The van der Waals surface area contributed by atoms with Crippen molar-refractivity contribution < 1.29 is 9.36 Å². The summed E-state index contributed by atoms with van der Waals surface area (Å²) in [6, 6.07) is 0.533. The predicted octanol–water partition coefficient (Wildman–Crippen LogP) is 1.80. The van der Waals surface area contributed by atoms with Gasteiger partial charge in [-0.2, -0.15) is 0 Å². The molecule has 0 aliphatic heterocycles. The Kier molecular flexibility index (Phi) is 4.78. The summed E-state index contributed by atoms with van der Waals surface area (Å²) in [7, 11) is -1.51. The highest BCUT2D eigenvalue weighted by atomic mass is 31.1. The molecule has 0 bridgehead atoms. The zero-order chi connectivity index (χ0) is 6.41. The Labute approximate surface area is 50.1 Å². The molecule has 8 heavy (non-hydrogen) atoms. The fourth-order valence-corrected chi connectivity index (χ4v) is 1.10. The van der Waals surface area contributed by atoms with E-state index in [-0.39, 0.29) is 0 Å². The lowest BCUT2D eigenvalue weighted by molar-refractivity contribution is 0.557. The molecule has 0 saturated heterocycles. The third-order valence-corrected chi connectivity index (χ3v) is 1.84. The van der Waals surface area contributed by atoms with Gasteiger partial charge in [-0.15, -0.1) is 0 Å². The summed E-state index contributed by atoms with van der Waals surface area (Å²) >= 11 is 0. The van der Waals surface area contributed by atoms with Gasteiger partial charge in [-0.1, -0.05) is 17.9 Å². The largest absolute Gasteiger partial charge is 0.411 e. The molecule has 0 rings (SSSR count). The first-order valence-electron chi connectivity index (χ1n) is 2.70. The van der Waals surface area contributed by atoms with E-state index >= 15 is 0 Å². The van der Waals surface area contributed by atoms with E-state index in [4.69, 9.17) is 0 Å². The fraction of sp³-hybridized carbons (Fsp3) is 0.800. The third-order valence-electron chi connectivity index (χ3n) is 0.850. The van der Waals surface area contributed by atoms with Gasteiger partial charge in [-0.3, -0.25) is 0 Å². The molecule has 0 amide bonds. The zero-order valence-corrected chi connectivity index (χ0v) is 5.86. The molecule has 1 unspecified atom stereocenters. The van der Waals surface area contributed by atoms with Crippen molar-refractivity contribution in [3.63, 3.8) is 0 Å². The van der Waals surface area contributed by atoms with E-state index in [1.807, 2.05) is 6.92 Å². The van der Waals surface area contributed by atoms with Crippen molar-refractivity contribution in [1.29, 1.82) is 0 Å². The van der Waals surface area contributed by atoms with Crippen molar-refractivity contribution in [2.45, 2.75) is 19.8 Å². The van der Waals surface area contributed by atoms with Crippen molar-refractivity contribution in [3.8, 4) is 0 Å². The fourth-order valence-electron chi connectivity index (χ4n) is 0.367. The quantitative estimate of drug-likeness (QED) is 0.433. The van der Waals surface area contributed by atoms with E-state index in [0.717, 1.165) is 12.8 Å². The van der Waals surface area contributed by atoms with Crippen molar-refractivity contribution >= 4 is 13.8 Å². The summed E-state index contributed by atoms with van der Waals surface area (Å²) < 4.78 is 10.4. The highest BCUT2D eigenvalue weighted by molar-refractivity contribution is 7.60. The van der Waals surface area contributed by atoms with Gasteiger partial charge < -0.3 is 0 Å². The van der Waals surface area contributed by atoms with Crippen LogP contribution in [-0.4, -0.2) is 12.2 Å². The van der Waals surface area contributed by atoms with Crippen LogP contribution in [-0.2, 0) is 9.36 Å². The molecular weight excluding hydrogens is 123 g/mol. The van der Waals surface area contributed by atoms with Crippen LogP contribution in [0.5, 0.6) is 0 Å². The standard InChI is InChI=1S/C5H10O2P/c1-2-3-4-8(7)5-6/h5H,2-4H2,1H3/q+1. The second kappa shape index (κ2) is 4.92. The average molecular weight is 133 g/mol. The summed E-state index contributed by atoms with van der Waals surface area (Å²) in [5.74, 6) is 0. The summed E-state index contributed by atoms with van der Waals surface area (Å²) in [6.45, 7) is 2.01. The highest BCUT2D eigenvalue weighted by Crippen LogP contribution is 2.16. The maximum Gasteiger partial charge on any atom is 0.411 e. The van der Waals surface area contributed by atoms with E-state index in [0.29, 0.717) is 12.2 Å². The van der Waals surface area contributed by atoms with Gasteiger partial charge in [-0.05, 0) is 6.42 Å². The highest BCUT2D eigenvalue weighted by Gasteiger charge is 2.09. The van der Waals surface area contributed by atoms with Crippen molar-refractivity contribution in [2.24, 2.45) is 0 Å². The summed E-state index contributed by atoms with van der Waals surface area (Å²) in [6.07, 6.45) is 2.47. The Morgan fingerprint density at radius 1 is 1.62 bits per heavy atom. The molecule has 0 spiro atoms. The minimum absolute atomic E-state index is 0.533. The summed E-state index contributed by atoms with van der Waals surface area (Å²) in [5, 5.41) is 0. The Morgan fingerprint density at radius 2 is 2.25 bits per heavy atom. The van der Waals surface area contributed by atoms with Gasteiger partial charge >= 0.3 is 13.8 Å². The molecule has 2 nitrogen and oxygen atoms in total. The van der Waals surface area contributed by atoms with Crippen LogP contribution in [0.2, 0.25) is 0 Å². The second-order valence-corrected chi connectivity index (χ2v) is 3.09. The van der Waals surface area contributed by atoms with Gasteiger partial charge in [0.05, 0.1) is 0 Å². The summed E-state index contributed by atoms with van der Waals surface area (Å²) in [5.41, 5.74) is 0. The van der Waals surface area contributed by atoms with Gasteiger partial charge in [0.2, 0.25) is 0 Å². The van der Waals surface area contributed by atoms with Crippen molar-refractivity contribution in [1.82, 2.24) is 0 Å². The number of carbonyl (C=O) groups excluding carboxylic acids is 1. The predicted molar refractivity (Wildman–Crippen MR) is 34.1 cm³/mol. The molecule has 0 N–H and O–H groups in total. The first kappa shape index (κ1) is 7.77. The number of hydrogen-bond donors (Lipinski definition) is 0. The Morgan fingerprint density at radius 3 is 2.62 bits per heavy atom. The molecule has 0 saturated carbocycles. The molecule has 0 radical (unpaired) electrons. The van der Waals surface area contributed by atoms with Gasteiger partial charge in [-0.25, -0.2) is 4.79 Å². The van der Waals surface area contributed by atoms with Crippen LogP contribution < -0.4 is 0 Å². The van der Waals surface area contributed by atoms with E-state index in [1.165, 1.54) is 0 Å². The van der Waals surface area contributed by atoms with Gasteiger partial charge in [0.25, 0.3) is 0 Å². The number of carbonyl (C=O) groups is 1. The van der Waals surface area contributed by atoms with Crippen LogP contribution in [0.15, 0.2) is 0 Å². The van der Waals surface area contributed by atoms with Crippen LogP contribution >= 0.6 is 7.80 Å². The second-order valence-electron chi connectivity index (χ2n) is 1.60. The minimum atomic E-state index is -1.51. The lowest BCUT2D eigenvalue weighted by atomic mass is 10.4. The molecular formula is C5H10O2P+. The monoisotopic (exact) mass is 133 g/mol. The lowest BCUT2D eigenvalue weighted by Gasteiger charge is -1.76. The molecule has 0 aromatic rings. The first-order valence-corrected chi connectivity index (χ1v) is 4.21. The Bertz CT molecular complexity index is 90.4.